The molecular weight excluding hydrogens is 420 g/mol. The van der Waals surface area contributed by atoms with Crippen molar-refractivity contribution in [3.05, 3.63) is 53.7 Å². The van der Waals surface area contributed by atoms with Crippen molar-refractivity contribution in [1.29, 1.82) is 0 Å². The number of amides is 1. The molecule has 0 unspecified atom stereocenters. The molecule has 4 rings (SSSR count). The lowest BCUT2D eigenvalue weighted by Crippen LogP contribution is -2.31. The van der Waals surface area contributed by atoms with Crippen LogP contribution in [0.5, 0.6) is 5.75 Å². The van der Waals surface area contributed by atoms with Crippen LogP contribution in [0.1, 0.15) is 31.0 Å². The molecular formula is C22H24N2O4S2. The standard InChI is InChI=1S/C22H24N2O4S2/c1-14-4-6-17(7-5-14)30(26,27)24-16(13-23-21(25)22(2)8-9-22)10-15-11-20(29)19(28-3)12-18(15)24/h4-7,10-12,29H,8-9,13H2,1-3H3,(H,23,25). The number of nitrogens with one attached hydrogen (secondary N) is 1. The highest BCUT2D eigenvalue weighted by molar-refractivity contribution is 7.90. The number of fused-ring (bicyclic) bond motifs is 1. The molecule has 0 atom stereocenters. The van der Waals surface area contributed by atoms with Gasteiger partial charge in [0.2, 0.25) is 5.91 Å². The van der Waals surface area contributed by atoms with Crippen molar-refractivity contribution < 1.29 is 17.9 Å². The SMILES string of the molecule is COc1cc2c(cc1S)cc(CNC(=O)C1(C)CC1)n2S(=O)(=O)c1ccc(C)cc1. The van der Waals surface area contributed by atoms with E-state index >= 15 is 0 Å². The molecule has 0 bridgehead atoms. The fourth-order valence-corrected chi connectivity index (χ4v) is 5.27. The van der Waals surface area contributed by atoms with Gasteiger partial charge in [-0.15, -0.1) is 12.6 Å². The number of carbonyl (C=O) groups is 1. The van der Waals surface area contributed by atoms with Gasteiger partial charge in [0, 0.05) is 21.8 Å². The number of methoxy groups -OCH3 is 1. The number of carbonyl (C=O) groups excluding carboxylic acids is 1. The Morgan fingerprint density at radius 2 is 1.87 bits per heavy atom. The average molecular weight is 445 g/mol. The number of benzene rings is 2. The molecule has 0 radical (unpaired) electrons. The molecule has 1 aliphatic rings. The van der Waals surface area contributed by atoms with Crippen LogP contribution in [0.4, 0.5) is 0 Å². The number of rotatable bonds is 6. The van der Waals surface area contributed by atoms with Gasteiger partial charge in [-0.05, 0) is 44.0 Å². The highest BCUT2D eigenvalue weighted by atomic mass is 32.2. The van der Waals surface area contributed by atoms with Gasteiger partial charge in [0.15, 0.2) is 0 Å². The highest BCUT2D eigenvalue weighted by Crippen LogP contribution is 2.45. The van der Waals surface area contributed by atoms with Crippen LogP contribution < -0.4 is 10.1 Å². The molecule has 1 N–H and O–H groups in total. The van der Waals surface area contributed by atoms with Crippen LogP contribution in [0, 0.1) is 12.3 Å². The lowest BCUT2D eigenvalue weighted by atomic mass is 10.1. The second kappa shape index (κ2) is 7.35. The topological polar surface area (TPSA) is 77.4 Å². The van der Waals surface area contributed by atoms with Gasteiger partial charge in [-0.3, -0.25) is 4.79 Å². The molecule has 0 saturated heterocycles. The smallest absolute Gasteiger partial charge is 0.268 e. The molecule has 1 amide bonds. The van der Waals surface area contributed by atoms with E-state index in [9.17, 15) is 13.2 Å². The number of aromatic nitrogens is 1. The average Bonchev–Trinajstić information content (AvgIpc) is 3.35. The van der Waals surface area contributed by atoms with Gasteiger partial charge in [-0.25, -0.2) is 12.4 Å². The molecule has 6 nitrogen and oxygen atoms in total. The predicted molar refractivity (Wildman–Crippen MR) is 119 cm³/mol. The van der Waals surface area contributed by atoms with E-state index in [4.69, 9.17) is 4.74 Å². The van der Waals surface area contributed by atoms with Crippen LogP contribution in [0.2, 0.25) is 0 Å². The van der Waals surface area contributed by atoms with Crippen LogP contribution in [0.25, 0.3) is 10.9 Å². The molecule has 3 aromatic rings. The second-order valence-corrected chi connectivity index (χ2v) is 10.3. The Morgan fingerprint density at radius 1 is 1.20 bits per heavy atom. The fraction of sp³-hybridized carbons (Fsp3) is 0.318. The third-order valence-corrected chi connectivity index (χ3v) is 7.80. The van der Waals surface area contributed by atoms with Gasteiger partial charge in [-0.1, -0.05) is 24.6 Å². The minimum atomic E-state index is -3.89. The third kappa shape index (κ3) is 3.58. The summed E-state index contributed by atoms with van der Waals surface area (Å²) in [6.07, 6.45) is 1.70. The zero-order valence-electron chi connectivity index (χ0n) is 17.1. The van der Waals surface area contributed by atoms with Crippen molar-refractivity contribution in [2.24, 2.45) is 5.41 Å². The largest absolute Gasteiger partial charge is 0.496 e. The van der Waals surface area contributed by atoms with Gasteiger partial charge in [0.05, 0.1) is 29.8 Å². The Labute approximate surface area is 181 Å². The molecule has 1 aromatic heterocycles. The molecule has 0 spiro atoms. The Hall–Kier alpha value is -2.45. The molecule has 1 fully saturated rings. The van der Waals surface area contributed by atoms with Crippen molar-refractivity contribution in [3.63, 3.8) is 0 Å². The Kier molecular flexibility index (Phi) is 5.10. The maximum absolute atomic E-state index is 13.6. The van der Waals surface area contributed by atoms with Gasteiger partial charge in [0.1, 0.15) is 5.75 Å². The molecule has 1 aliphatic carbocycles. The van der Waals surface area contributed by atoms with E-state index in [1.54, 1.807) is 42.5 Å². The summed E-state index contributed by atoms with van der Waals surface area (Å²) in [7, 11) is -2.38. The van der Waals surface area contributed by atoms with E-state index in [2.05, 4.69) is 17.9 Å². The molecule has 2 aromatic carbocycles. The molecule has 1 heterocycles. The summed E-state index contributed by atoms with van der Waals surface area (Å²) in [6.45, 7) is 3.93. The van der Waals surface area contributed by atoms with Gasteiger partial charge in [0.25, 0.3) is 10.0 Å². The number of nitrogens with zero attached hydrogens (tertiary/aromatic N) is 1. The van der Waals surface area contributed by atoms with E-state index in [0.29, 0.717) is 27.2 Å². The Bertz CT molecular complexity index is 1240. The zero-order valence-corrected chi connectivity index (χ0v) is 18.8. The van der Waals surface area contributed by atoms with Crippen LogP contribution >= 0.6 is 12.6 Å². The van der Waals surface area contributed by atoms with E-state index in [1.165, 1.54) is 11.1 Å². The monoisotopic (exact) mass is 444 g/mol. The van der Waals surface area contributed by atoms with Crippen molar-refractivity contribution in [2.75, 3.05) is 7.11 Å². The molecule has 30 heavy (non-hydrogen) atoms. The quantitative estimate of drug-likeness (QED) is 0.566. The lowest BCUT2D eigenvalue weighted by Gasteiger charge is -2.15. The lowest BCUT2D eigenvalue weighted by molar-refractivity contribution is -0.125. The fourth-order valence-electron chi connectivity index (χ4n) is 3.44. The molecule has 158 valence electrons. The summed E-state index contributed by atoms with van der Waals surface area (Å²) >= 11 is 4.43. The van der Waals surface area contributed by atoms with Crippen LogP contribution in [0.15, 0.2) is 52.3 Å². The van der Waals surface area contributed by atoms with Gasteiger partial charge in [-0.2, -0.15) is 0 Å². The predicted octanol–water partition coefficient (Wildman–Crippen LogP) is 3.90. The summed E-state index contributed by atoms with van der Waals surface area (Å²) in [6, 6.07) is 11.9. The van der Waals surface area contributed by atoms with Crippen molar-refractivity contribution in [1.82, 2.24) is 9.29 Å². The summed E-state index contributed by atoms with van der Waals surface area (Å²) in [5.41, 5.74) is 1.59. The van der Waals surface area contributed by atoms with E-state index in [0.717, 1.165) is 18.4 Å². The van der Waals surface area contributed by atoms with Crippen LogP contribution in [0.3, 0.4) is 0 Å². The van der Waals surface area contributed by atoms with Gasteiger partial charge < -0.3 is 10.1 Å². The first-order chi connectivity index (χ1) is 14.2. The number of thiol groups is 1. The molecule has 0 aliphatic heterocycles. The van der Waals surface area contributed by atoms with Crippen molar-refractivity contribution in [3.8, 4) is 5.75 Å². The first-order valence-corrected chi connectivity index (χ1v) is 11.6. The van der Waals surface area contributed by atoms with E-state index < -0.39 is 10.0 Å². The molecule has 1 saturated carbocycles. The van der Waals surface area contributed by atoms with Crippen molar-refractivity contribution >= 4 is 39.5 Å². The maximum Gasteiger partial charge on any atom is 0.268 e. The minimum absolute atomic E-state index is 0.0560. The first kappa shape index (κ1) is 20.8. The van der Waals surface area contributed by atoms with E-state index in [1.807, 2.05) is 13.8 Å². The summed E-state index contributed by atoms with van der Waals surface area (Å²) in [5, 5.41) is 3.61. The van der Waals surface area contributed by atoms with E-state index in [-0.39, 0.29) is 22.8 Å². The highest BCUT2D eigenvalue weighted by Gasteiger charge is 2.44. The van der Waals surface area contributed by atoms with Crippen molar-refractivity contribution in [2.45, 2.75) is 43.0 Å². The summed E-state index contributed by atoms with van der Waals surface area (Å²) < 4.78 is 33.8. The van der Waals surface area contributed by atoms with Crippen LogP contribution in [-0.2, 0) is 21.4 Å². The summed E-state index contributed by atoms with van der Waals surface area (Å²) in [5.74, 6) is 0.421. The zero-order chi connectivity index (χ0) is 21.7. The Morgan fingerprint density at radius 3 is 2.47 bits per heavy atom. The first-order valence-electron chi connectivity index (χ1n) is 9.67. The second-order valence-electron chi connectivity index (χ2n) is 8.04. The molecule has 8 heteroatoms. The number of aryl methyl sites for hydroxylation is 1. The number of hydrogen-bond acceptors (Lipinski definition) is 5. The normalized spacial score (nSPS) is 15.2. The minimum Gasteiger partial charge on any atom is -0.496 e. The summed E-state index contributed by atoms with van der Waals surface area (Å²) in [4.78, 5) is 13.2. The third-order valence-electron chi connectivity index (χ3n) is 5.67. The van der Waals surface area contributed by atoms with Crippen LogP contribution in [-0.4, -0.2) is 25.4 Å². The Balaban J connectivity index is 1.85. The maximum atomic E-state index is 13.6. The number of hydrogen-bond donors (Lipinski definition) is 2. The van der Waals surface area contributed by atoms with Gasteiger partial charge >= 0.3 is 0 Å². The number of ether oxygens (including phenoxy) is 1.